The standard InChI is InChI=1S/C26H42N4O4/c1-19-25(7-3-5-9-29(11-21-15-31-21)12-22-16-32-22)28-20(2)26(27-19)8-4-6-10-30(13-23-17-33-23)14-24-18-34-24/h21-24H,3-18H2,1-2H3. The van der Waals surface area contributed by atoms with Gasteiger partial charge in [0, 0.05) is 26.2 Å². The first-order valence-electron chi connectivity index (χ1n) is 13.4. The molecule has 1 aromatic heterocycles. The second kappa shape index (κ2) is 11.7. The molecule has 4 aliphatic heterocycles. The number of nitrogens with zero attached hydrogens (tertiary/aromatic N) is 4. The van der Waals surface area contributed by atoms with Crippen molar-refractivity contribution in [1.29, 1.82) is 0 Å². The van der Waals surface area contributed by atoms with Crippen molar-refractivity contribution >= 4 is 0 Å². The summed E-state index contributed by atoms with van der Waals surface area (Å²) in [6.45, 7) is 14.4. The van der Waals surface area contributed by atoms with Gasteiger partial charge in [0.15, 0.2) is 0 Å². The minimum absolute atomic E-state index is 0.449. The molecular formula is C26H42N4O4. The quantitative estimate of drug-likeness (QED) is 0.236. The van der Waals surface area contributed by atoms with Crippen molar-refractivity contribution in [2.24, 2.45) is 0 Å². The number of aromatic nitrogens is 2. The van der Waals surface area contributed by atoms with Gasteiger partial charge in [-0.2, -0.15) is 0 Å². The largest absolute Gasteiger partial charge is 0.372 e. The number of ether oxygens (including phenoxy) is 4. The summed E-state index contributed by atoms with van der Waals surface area (Å²) >= 11 is 0. The average Bonchev–Trinajstić information content (AvgIpc) is 3.62. The van der Waals surface area contributed by atoms with E-state index in [4.69, 9.17) is 28.9 Å². The first kappa shape index (κ1) is 24.5. The van der Waals surface area contributed by atoms with Crippen molar-refractivity contribution < 1.29 is 18.9 Å². The minimum Gasteiger partial charge on any atom is -0.372 e. The van der Waals surface area contributed by atoms with Crippen molar-refractivity contribution in [2.45, 2.75) is 76.8 Å². The molecule has 0 amide bonds. The Bertz CT molecular complexity index is 700. The number of aryl methyl sites for hydroxylation is 4. The van der Waals surface area contributed by atoms with Gasteiger partial charge in [-0.1, -0.05) is 0 Å². The monoisotopic (exact) mass is 474 g/mol. The Morgan fingerprint density at radius 3 is 1.21 bits per heavy atom. The van der Waals surface area contributed by atoms with Crippen LogP contribution in [0.3, 0.4) is 0 Å². The second-order valence-corrected chi connectivity index (χ2v) is 10.5. The van der Waals surface area contributed by atoms with Crippen LogP contribution in [-0.2, 0) is 31.8 Å². The van der Waals surface area contributed by atoms with Crippen molar-refractivity contribution in [1.82, 2.24) is 19.8 Å². The smallest absolute Gasteiger partial charge is 0.0936 e. The van der Waals surface area contributed by atoms with Gasteiger partial charge in [0.05, 0.1) is 73.6 Å². The summed E-state index contributed by atoms with van der Waals surface area (Å²) in [5.41, 5.74) is 4.55. The Morgan fingerprint density at radius 2 is 0.912 bits per heavy atom. The summed E-state index contributed by atoms with van der Waals surface area (Å²) in [6, 6.07) is 0. The number of hydrogen-bond acceptors (Lipinski definition) is 8. The Morgan fingerprint density at radius 1 is 0.588 bits per heavy atom. The third-order valence-electron chi connectivity index (χ3n) is 7.17. The lowest BCUT2D eigenvalue weighted by molar-refractivity contribution is 0.216. The molecule has 0 N–H and O–H groups in total. The predicted molar refractivity (Wildman–Crippen MR) is 129 cm³/mol. The highest BCUT2D eigenvalue weighted by Gasteiger charge is 2.31. The van der Waals surface area contributed by atoms with Gasteiger partial charge in [0.2, 0.25) is 0 Å². The Labute approximate surface area is 204 Å². The fourth-order valence-corrected chi connectivity index (χ4v) is 4.79. The summed E-state index contributed by atoms with van der Waals surface area (Å²) in [5, 5.41) is 0. The first-order chi connectivity index (χ1) is 16.6. The van der Waals surface area contributed by atoms with Gasteiger partial charge in [-0.05, 0) is 65.5 Å². The topological polar surface area (TPSA) is 82.4 Å². The van der Waals surface area contributed by atoms with Gasteiger partial charge >= 0.3 is 0 Å². The van der Waals surface area contributed by atoms with E-state index in [2.05, 4.69) is 23.6 Å². The van der Waals surface area contributed by atoms with Gasteiger partial charge in [0.1, 0.15) is 0 Å². The molecule has 0 bridgehead atoms. The Hall–Kier alpha value is -1.16. The number of rotatable bonds is 18. The van der Waals surface area contributed by atoms with Crippen molar-refractivity contribution in [3.8, 4) is 0 Å². The van der Waals surface area contributed by atoms with Gasteiger partial charge in [-0.15, -0.1) is 0 Å². The molecule has 0 saturated carbocycles. The van der Waals surface area contributed by atoms with E-state index in [0.717, 1.165) is 103 Å². The van der Waals surface area contributed by atoms with E-state index in [1.54, 1.807) is 0 Å². The zero-order chi connectivity index (χ0) is 23.3. The Balaban J connectivity index is 1.01. The van der Waals surface area contributed by atoms with Crippen LogP contribution in [0.4, 0.5) is 0 Å². The van der Waals surface area contributed by atoms with E-state index < -0.39 is 0 Å². The summed E-state index contributed by atoms with van der Waals surface area (Å²) in [5.74, 6) is 0. The lowest BCUT2D eigenvalue weighted by Crippen LogP contribution is -2.32. The van der Waals surface area contributed by atoms with E-state index in [1.807, 2.05) is 0 Å². The van der Waals surface area contributed by atoms with Crippen LogP contribution in [0, 0.1) is 13.8 Å². The molecule has 1 aromatic rings. The highest BCUT2D eigenvalue weighted by Crippen LogP contribution is 2.19. The molecular weight excluding hydrogens is 432 g/mol. The Kier molecular flexibility index (Phi) is 8.45. The molecule has 5 heterocycles. The fraction of sp³-hybridized carbons (Fsp3) is 0.846. The molecule has 4 saturated heterocycles. The normalized spacial score (nSPS) is 26.9. The van der Waals surface area contributed by atoms with E-state index in [9.17, 15) is 0 Å². The van der Waals surface area contributed by atoms with Crippen LogP contribution >= 0.6 is 0 Å². The van der Waals surface area contributed by atoms with Crippen LogP contribution in [-0.4, -0.2) is 110 Å². The number of epoxide rings is 4. The highest BCUT2D eigenvalue weighted by atomic mass is 16.6. The molecule has 0 spiro atoms. The molecule has 0 radical (unpaired) electrons. The number of hydrogen-bond donors (Lipinski definition) is 0. The molecule has 4 aliphatic rings. The molecule has 8 nitrogen and oxygen atoms in total. The van der Waals surface area contributed by atoms with Crippen molar-refractivity contribution in [2.75, 3.05) is 65.7 Å². The minimum atomic E-state index is 0.449. The van der Waals surface area contributed by atoms with Gasteiger partial charge in [-0.25, -0.2) is 0 Å². The molecule has 4 atom stereocenters. The SMILES string of the molecule is Cc1nc(CCCCN(CC2CO2)CC2CO2)c(C)nc1CCCCN(CC1CO1)CC1CO1. The van der Waals surface area contributed by atoms with E-state index in [0.29, 0.717) is 24.4 Å². The van der Waals surface area contributed by atoms with Crippen molar-refractivity contribution in [3.63, 3.8) is 0 Å². The van der Waals surface area contributed by atoms with E-state index >= 15 is 0 Å². The summed E-state index contributed by atoms with van der Waals surface area (Å²) in [7, 11) is 0. The van der Waals surface area contributed by atoms with Gasteiger partial charge in [0.25, 0.3) is 0 Å². The first-order valence-corrected chi connectivity index (χ1v) is 13.4. The molecule has 4 unspecified atom stereocenters. The maximum Gasteiger partial charge on any atom is 0.0936 e. The van der Waals surface area contributed by atoms with E-state index in [-0.39, 0.29) is 0 Å². The van der Waals surface area contributed by atoms with Crippen molar-refractivity contribution in [3.05, 3.63) is 22.8 Å². The molecule has 34 heavy (non-hydrogen) atoms. The lowest BCUT2D eigenvalue weighted by Gasteiger charge is -2.20. The molecule has 0 aromatic carbocycles. The fourth-order valence-electron chi connectivity index (χ4n) is 4.79. The molecule has 5 rings (SSSR count). The summed E-state index contributed by atoms with van der Waals surface area (Å²) < 4.78 is 21.7. The maximum absolute atomic E-state index is 5.43. The summed E-state index contributed by atoms with van der Waals surface area (Å²) in [6.07, 6.45) is 8.46. The second-order valence-electron chi connectivity index (χ2n) is 10.5. The van der Waals surface area contributed by atoms with Crippen LogP contribution in [0.1, 0.15) is 48.5 Å². The van der Waals surface area contributed by atoms with Crippen LogP contribution in [0.15, 0.2) is 0 Å². The third kappa shape index (κ3) is 8.50. The highest BCUT2D eigenvalue weighted by molar-refractivity contribution is 5.19. The number of unbranched alkanes of at least 4 members (excludes halogenated alkanes) is 2. The average molecular weight is 475 g/mol. The molecule has 8 heteroatoms. The van der Waals surface area contributed by atoms with E-state index in [1.165, 1.54) is 24.2 Å². The molecule has 4 fully saturated rings. The van der Waals surface area contributed by atoms with Crippen LogP contribution in [0.5, 0.6) is 0 Å². The van der Waals surface area contributed by atoms with Crippen LogP contribution in [0.2, 0.25) is 0 Å². The summed E-state index contributed by atoms with van der Waals surface area (Å²) in [4.78, 5) is 14.9. The zero-order valence-electron chi connectivity index (χ0n) is 21.0. The predicted octanol–water partition coefficient (Wildman–Crippen LogP) is 1.94. The lowest BCUT2D eigenvalue weighted by atomic mass is 10.1. The molecule has 190 valence electrons. The van der Waals surface area contributed by atoms with Crippen LogP contribution in [0.25, 0.3) is 0 Å². The van der Waals surface area contributed by atoms with Crippen LogP contribution < -0.4 is 0 Å². The maximum atomic E-state index is 5.43. The third-order valence-corrected chi connectivity index (χ3v) is 7.17. The van der Waals surface area contributed by atoms with Gasteiger partial charge < -0.3 is 18.9 Å². The van der Waals surface area contributed by atoms with Gasteiger partial charge in [-0.3, -0.25) is 19.8 Å². The molecule has 0 aliphatic carbocycles. The zero-order valence-corrected chi connectivity index (χ0v) is 21.0.